The molecule has 0 aliphatic carbocycles. The van der Waals surface area contributed by atoms with Crippen LogP contribution in [-0.2, 0) is 14.3 Å². The summed E-state index contributed by atoms with van der Waals surface area (Å²) in [7, 11) is 0. The first kappa shape index (κ1) is 14.7. The number of rotatable bonds is 5. The maximum atomic E-state index is 11.8. The highest BCUT2D eigenvalue weighted by molar-refractivity contribution is 6.04. The van der Waals surface area contributed by atoms with Crippen LogP contribution in [0.3, 0.4) is 0 Å². The van der Waals surface area contributed by atoms with Gasteiger partial charge in [0.1, 0.15) is 0 Å². The molecule has 1 N–H and O–H groups in total. The van der Waals surface area contributed by atoms with Crippen molar-refractivity contribution in [2.45, 2.75) is 13.8 Å². The molecule has 0 aliphatic rings. The fraction of sp³-hybridized carbons (Fsp3) is 0.308. The highest BCUT2D eigenvalue weighted by Gasteiger charge is 2.21. The second-order valence-corrected chi connectivity index (χ2v) is 3.69. The normalized spacial score (nSPS) is 9.79. The Hall–Kier alpha value is -2.37. The number of aliphatic carboxylic acids is 1. The average molecular weight is 266 g/mol. The molecule has 0 heterocycles. The summed E-state index contributed by atoms with van der Waals surface area (Å²) in [6.45, 7) is 2.73. The van der Waals surface area contributed by atoms with Crippen LogP contribution >= 0.6 is 0 Å². The van der Waals surface area contributed by atoms with Crippen molar-refractivity contribution in [3.63, 3.8) is 0 Å². The number of benzene rings is 1. The molecule has 6 nitrogen and oxygen atoms in total. The lowest BCUT2D eigenvalue weighted by molar-refractivity contribution is -0.140. The van der Waals surface area contributed by atoms with Gasteiger partial charge in [0.15, 0.2) is 6.61 Å². The highest BCUT2D eigenvalue weighted by atomic mass is 16.6. The van der Waals surface area contributed by atoms with E-state index in [1.54, 1.807) is 26.0 Å². The van der Waals surface area contributed by atoms with Gasteiger partial charge in [0.25, 0.3) is 0 Å². The number of carboxylic acids is 1. The van der Waals surface area contributed by atoms with Crippen LogP contribution in [0.5, 0.6) is 0 Å². The zero-order chi connectivity index (χ0) is 14.4. The topological polar surface area (TPSA) is 89.9 Å². The Balaban J connectivity index is 3.06. The largest absolute Gasteiger partial charge is 0.479 e. The molecule has 19 heavy (non-hydrogen) atoms. The summed E-state index contributed by atoms with van der Waals surface area (Å²) in [6, 6.07) is 4.62. The third-order valence-corrected chi connectivity index (χ3v) is 2.30. The molecule has 0 aliphatic heterocycles. The highest BCUT2D eigenvalue weighted by Crippen LogP contribution is 2.16. The lowest BCUT2D eigenvalue weighted by Crippen LogP contribution is -2.18. The fourth-order valence-electron chi connectivity index (χ4n) is 1.52. The Labute approximate surface area is 109 Å². The molecule has 0 saturated heterocycles. The van der Waals surface area contributed by atoms with E-state index in [1.807, 2.05) is 0 Å². The first-order chi connectivity index (χ1) is 8.97. The van der Waals surface area contributed by atoms with Crippen molar-refractivity contribution in [1.82, 2.24) is 0 Å². The van der Waals surface area contributed by atoms with Gasteiger partial charge in [-0.15, -0.1) is 0 Å². The molecule has 0 bridgehead atoms. The number of ether oxygens (including phenoxy) is 2. The van der Waals surface area contributed by atoms with E-state index in [0.29, 0.717) is 5.56 Å². The second-order valence-electron chi connectivity index (χ2n) is 3.69. The molecule has 0 aromatic heterocycles. The van der Waals surface area contributed by atoms with Gasteiger partial charge in [-0.25, -0.2) is 14.4 Å². The minimum Gasteiger partial charge on any atom is -0.479 e. The minimum atomic E-state index is -1.27. The first-order valence-corrected chi connectivity index (χ1v) is 5.63. The lowest BCUT2D eigenvalue weighted by atomic mass is 10.0. The molecule has 0 spiro atoms. The zero-order valence-electron chi connectivity index (χ0n) is 10.6. The van der Waals surface area contributed by atoms with Crippen molar-refractivity contribution in [1.29, 1.82) is 0 Å². The molecule has 0 atom stereocenters. The number of carbonyl (C=O) groups is 3. The Kier molecular flexibility index (Phi) is 5.05. The molecule has 1 rings (SSSR count). The number of hydrogen-bond donors (Lipinski definition) is 1. The fourth-order valence-corrected chi connectivity index (χ4v) is 1.52. The SMILES string of the molecule is CCOC(=O)c1c(C)cccc1C(=O)OCC(=O)O. The monoisotopic (exact) mass is 266 g/mol. The summed E-state index contributed by atoms with van der Waals surface area (Å²) >= 11 is 0. The van der Waals surface area contributed by atoms with Crippen LogP contribution < -0.4 is 0 Å². The quantitative estimate of drug-likeness (QED) is 0.810. The number of aryl methyl sites for hydroxylation is 1. The molecule has 0 unspecified atom stereocenters. The van der Waals surface area contributed by atoms with Crippen molar-refractivity contribution in [3.05, 3.63) is 34.9 Å². The number of carbonyl (C=O) groups excluding carboxylic acids is 2. The van der Waals surface area contributed by atoms with Crippen molar-refractivity contribution < 1.29 is 29.0 Å². The van der Waals surface area contributed by atoms with Crippen LogP contribution in [0.25, 0.3) is 0 Å². The van der Waals surface area contributed by atoms with Crippen LogP contribution in [0.2, 0.25) is 0 Å². The van der Waals surface area contributed by atoms with E-state index >= 15 is 0 Å². The van der Waals surface area contributed by atoms with Crippen molar-refractivity contribution >= 4 is 17.9 Å². The minimum absolute atomic E-state index is 0.000278. The van der Waals surface area contributed by atoms with E-state index in [-0.39, 0.29) is 17.7 Å². The lowest BCUT2D eigenvalue weighted by Gasteiger charge is -2.10. The Morgan fingerprint density at radius 2 is 1.84 bits per heavy atom. The van der Waals surface area contributed by atoms with E-state index in [4.69, 9.17) is 9.84 Å². The average Bonchev–Trinajstić information content (AvgIpc) is 2.35. The van der Waals surface area contributed by atoms with Gasteiger partial charge in [0.2, 0.25) is 0 Å². The molecule has 0 saturated carbocycles. The molecule has 0 radical (unpaired) electrons. The molecule has 1 aromatic rings. The summed E-state index contributed by atoms with van der Waals surface area (Å²) in [5.74, 6) is -2.77. The van der Waals surface area contributed by atoms with Crippen LogP contribution in [0.4, 0.5) is 0 Å². The van der Waals surface area contributed by atoms with Gasteiger partial charge < -0.3 is 14.6 Å². The molecule has 0 amide bonds. The second kappa shape index (κ2) is 6.53. The summed E-state index contributed by atoms with van der Waals surface area (Å²) in [4.78, 5) is 33.9. The van der Waals surface area contributed by atoms with Gasteiger partial charge in [-0.05, 0) is 25.5 Å². The third-order valence-electron chi connectivity index (χ3n) is 2.30. The molecular weight excluding hydrogens is 252 g/mol. The van der Waals surface area contributed by atoms with Crippen molar-refractivity contribution in [3.8, 4) is 0 Å². The summed E-state index contributed by atoms with van der Waals surface area (Å²) in [5.41, 5.74) is 0.655. The molecule has 102 valence electrons. The molecule has 0 fully saturated rings. The predicted octanol–water partition coefficient (Wildman–Crippen LogP) is 1.41. The Bertz CT molecular complexity index is 506. The van der Waals surface area contributed by atoms with Crippen LogP contribution in [-0.4, -0.2) is 36.2 Å². The van der Waals surface area contributed by atoms with E-state index in [0.717, 1.165) is 0 Å². The standard InChI is InChI=1S/C13H14O6/c1-3-18-13(17)11-8(2)5-4-6-9(11)12(16)19-7-10(14)15/h4-6H,3,7H2,1-2H3,(H,14,15). The first-order valence-electron chi connectivity index (χ1n) is 5.63. The van der Waals surface area contributed by atoms with Crippen molar-refractivity contribution in [2.24, 2.45) is 0 Å². The van der Waals surface area contributed by atoms with Crippen LogP contribution in [0, 0.1) is 6.92 Å². The van der Waals surface area contributed by atoms with Gasteiger partial charge in [-0.1, -0.05) is 12.1 Å². The zero-order valence-corrected chi connectivity index (χ0v) is 10.6. The van der Waals surface area contributed by atoms with Gasteiger partial charge in [-0.2, -0.15) is 0 Å². The maximum absolute atomic E-state index is 11.8. The number of hydrogen-bond acceptors (Lipinski definition) is 5. The molecular formula is C13H14O6. The van der Waals surface area contributed by atoms with E-state index in [2.05, 4.69) is 4.74 Å². The Morgan fingerprint density at radius 3 is 2.42 bits per heavy atom. The summed E-state index contributed by atoms with van der Waals surface area (Å²) in [6.07, 6.45) is 0. The predicted molar refractivity (Wildman–Crippen MR) is 65.1 cm³/mol. The summed E-state index contributed by atoms with van der Waals surface area (Å²) < 4.78 is 9.43. The smallest absolute Gasteiger partial charge is 0.341 e. The van der Waals surface area contributed by atoms with Gasteiger partial charge in [0, 0.05) is 0 Å². The van der Waals surface area contributed by atoms with Gasteiger partial charge in [0.05, 0.1) is 17.7 Å². The van der Waals surface area contributed by atoms with E-state index in [9.17, 15) is 14.4 Å². The number of carboxylic acid groups (broad SMARTS) is 1. The molecule has 6 heteroatoms. The third kappa shape index (κ3) is 3.80. The van der Waals surface area contributed by atoms with Crippen LogP contribution in [0.15, 0.2) is 18.2 Å². The molecule has 1 aromatic carbocycles. The van der Waals surface area contributed by atoms with E-state index < -0.39 is 24.5 Å². The van der Waals surface area contributed by atoms with E-state index in [1.165, 1.54) is 6.07 Å². The summed E-state index contributed by atoms with van der Waals surface area (Å²) in [5, 5.41) is 8.46. The van der Waals surface area contributed by atoms with Crippen LogP contribution in [0.1, 0.15) is 33.2 Å². The maximum Gasteiger partial charge on any atom is 0.341 e. The Morgan fingerprint density at radius 1 is 1.16 bits per heavy atom. The number of esters is 2. The van der Waals surface area contributed by atoms with Gasteiger partial charge in [-0.3, -0.25) is 0 Å². The van der Waals surface area contributed by atoms with Gasteiger partial charge >= 0.3 is 17.9 Å². The van der Waals surface area contributed by atoms with Crippen molar-refractivity contribution in [2.75, 3.05) is 13.2 Å².